The minimum atomic E-state index is -0.618. The minimum Gasteiger partial charge on any atom is -0.457 e. The highest BCUT2D eigenvalue weighted by Crippen LogP contribution is 2.25. The summed E-state index contributed by atoms with van der Waals surface area (Å²) in [6.45, 7) is -0.434. The van der Waals surface area contributed by atoms with Gasteiger partial charge in [0.2, 0.25) is 0 Å². The zero-order valence-corrected chi connectivity index (χ0v) is 19.1. The summed E-state index contributed by atoms with van der Waals surface area (Å²) in [6, 6.07) is 30.7. The lowest BCUT2D eigenvalue weighted by molar-refractivity contribution is -0.119. The molecule has 2 aromatic heterocycles. The normalized spacial score (nSPS) is 10.6. The standard InChI is InChI=1S/C29H21N3O4/c33-28(31-20-13-15-22(16-14-20)36-21-8-2-1-3-9-21)19-35-29(34)24-18-27(26-12-6-7-17-30-26)32-25-11-5-4-10-23(24)25/h1-18H,19H2,(H,31,33). The third kappa shape index (κ3) is 5.37. The van der Waals surface area contributed by atoms with E-state index < -0.39 is 18.5 Å². The molecule has 0 fully saturated rings. The Morgan fingerprint density at radius 2 is 1.47 bits per heavy atom. The molecule has 1 N–H and O–H groups in total. The number of para-hydroxylation sites is 2. The molecule has 176 valence electrons. The molecule has 1 amide bonds. The summed E-state index contributed by atoms with van der Waals surface area (Å²) in [5.41, 5.74) is 2.69. The molecule has 0 aliphatic carbocycles. The van der Waals surface area contributed by atoms with Gasteiger partial charge in [0, 0.05) is 17.3 Å². The number of hydrogen-bond donors (Lipinski definition) is 1. The number of hydrogen-bond acceptors (Lipinski definition) is 6. The van der Waals surface area contributed by atoms with E-state index in [9.17, 15) is 9.59 Å². The van der Waals surface area contributed by atoms with Crippen LogP contribution >= 0.6 is 0 Å². The Morgan fingerprint density at radius 3 is 2.25 bits per heavy atom. The fraction of sp³-hybridized carbons (Fsp3) is 0.0345. The number of anilines is 1. The van der Waals surface area contributed by atoms with Crippen molar-refractivity contribution in [2.45, 2.75) is 0 Å². The SMILES string of the molecule is O=C(COC(=O)c1cc(-c2ccccn2)nc2ccccc12)Nc1ccc(Oc2ccccc2)cc1. The monoisotopic (exact) mass is 475 g/mol. The van der Waals surface area contributed by atoms with Crippen LogP contribution in [0.2, 0.25) is 0 Å². The average molecular weight is 476 g/mol. The molecule has 0 bridgehead atoms. The van der Waals surface area contributed by atoms with Gasteiger partial charge in [-0.15, -0.1) is 0 Å². The van der Waals surface area contributed by atoms with Crippen molar-refractivity contribution >= 4 is 28.5 Å². The maximum Gasteiger partial charge on any atom is 0.339 e. The topological polar surface area (TPSA) is 90.4 Å². The number of esters is 1. The number of nitrogens with zero attached hydrogens (tertiary/aromatic N) is 2. The van der Waals surface area contributed by atoms with E-state index in [1.807, 2.05) is 66.7 Å². The molecule has 5 aromatic rings. The van der Waals surface area contributed by atoms with Crippen LogP contribution in [-0.2, 0) is 9.53 Å². The zero-order valence-electron chi connectivity index (χ0n) is 19.1. The third-order valence-electron chi connectivity index (χ3n) is 5.31. The second kappa shape index (κ2) is 10.5. The molecule has 0 saturated carbocycles. The number of ether oxygens (including phenoxy) is 2. The lowest BCUT2D eigenvalue weighted by Gasteiger charge is -2.11. The quantitative estimate of drug-likeness (QED) is 0.296. The van der Waals surface area contributed by atoms with Crippen LogP contribution in [0.15, 0.2) is 109 Å². The van der Waals surface area contributed by atoms with Crippen molar-refractivity contribution in [3.63, 3.8) is 0 Å². The Morgan fingerprint density at radius 1 is 0.750 bits per heavy atom. The number of carbonyl (C=O) groups is 2. The van der Waals surface area contributed by atoms with E-state index in [-0.39, 0.29) is 0 Å². The van der Waals surface area contributed by atoms with Gasteiger partial charge in [0.05, 0.1) is 22.5 Å². The number of fused-ring (bicyclic) bond motifs is 1. The molecular formula is C29H21N3O4. The van der Waals surface area contributed by atoms with Gasteiger partial charge in [-0.2, -0.15) is 0 Å². The molecule has 36 heavy (non-hydrogen) atoms. The zero-order chi connectivity index (χ0) is 24.7. The number of carbonyl (C=O) groups excluding carboxylic acids is 2. The number of aromatic nitrogens is 2. The van der Waals surface area contributed by atoms with Crippen molar-refractivity contribution in [3.05, 3.63) is 115 Å². The van der Waals surface area contributed by atoms with Crippen molar-refractivity contribution in [1.82, 2.24) is 9.97 Å². The van der Waals surface area contributed by atoms with Crippen molar-refractivity contribution in [2.24, 2.45) is 0 Å². The molecule has 0 saturated heterocycles. The molecule has 0 aliphatic heterocycles. The number of pyridine rings is 2. The first kappa shape index (κ1) is 22.7. The largest absolute Gasteiger partial charge is 0.457 e. The van der Waals surface area contributed by atoms with E-state index in [2.05, 4.69) is 15.3 Å². The lowest BCUT2D eigenvalue weighted by atomic mass is 10.1. The summed E-state index contributed by atoms with van der Waals surface area (Å²) >= 11 is 0. The van der Waals surface area contributed by atoms with Crippen LogP contribution in [0.3, 0.4) is 0 Å². The van der Waals surface area contributed by atoms with E-state index in [0.29, 0.717) is 39.3 Å². The summed E-state index contributed by atoms with van der Waals surface area (Å²) in [6.07, 6.45) is 1.66. The van der Waals surface area contributed by atoms with Gasteiger partial charge in [-0.1, -0.05) is 42.5 Å². The maximum atomic E-state index is 13.0. The molecule has 7 nitrogen and oxygen atoms in total. The Hall–Kier alpha value is -5.04. The molecule has 0 unspecified atom stereocenters. The summed E-state index contributed by atoms with van der Waals surface area (Å²) in [5.74, 6) is 0.283. The van der Waals surface area contributed by atoms with Crippen LogP contribution in [0.5, 0.6) is 11.5 Å². The molecular weight excluding hydrogens is 454 g/mol. The van der Waals surface area contributed by atoms with Crippen LogP contribution in [0.4, 0.5) is 5.69 Å². The first-order valence-electron chi connectivity index (χ1n) is 11.3. The number of rotatable bonds is 7. The van der Waals surface area contributed by atoms with Gasteiger partial charge in [-0.3, -0.25) is 9.78 Å². The van der Waals surface area contributed by atoms with Crippen molar-refractivity contribution in [2.75, 3.05) is 11.9 Å². The Balaban J connectivity index is 1.25. The third-order valence-corrected chi connectivity index (χ3v) is 5.31. The molecule has 0 radical (unpaired) electrons. The smallest absolute Gasteiger partial charge is 0.339 e. The second-order valence-corrected chi connectivity index (χ2v) is 7.85. The fourth-order valence-electron chi connectivity index (χ4n) is 3.63. The maximum absolute atomic E-state index is 13.0. The van der Waals surface area contributed by atoms with Crippen molar-refractivity contribution < 1.29 is 19.1 Å². The summed E-state index contributed by atoms with van der Waals surface area (Å²) < 4.78 is 11.1. The van der Waals surface area contributed by atoms with Crippen LogP contribution in [0, 0.1) is 0 Å². The van der Waals surface area contributed by atoms with Crippen LogP contribution < -0.4 is 10.1 Å². The molecule has 0 spiro atoms. The first-order chi connectivity index (χ1) is 17.7. The highest BCUT2D eigenvalue weighted by Gasteiger charge is 2.17. The molecule has 5 rings (SSSR count). The number of nitrogens with one attached hydrogen (secondary N) is 1. The molecule has 0 aliphatic rings. The minimum absolute atomic E-state index is 0.316. The van der Waals surface area contributed by atoms with E-state index in [1.165, 1.54) is 0 Å². The Kier molecular flexibility index (Phi) is 6.62. The predicted octanol–water partition coefficient (Wildman–Crippen LogP) is 5.88. The van der Waals surface area contributed by atoms with E-state index in [1.54, 1.807) is 42.6 Å². The molecule has 3 aromatic carbocycles. The van der Waals surface area contributed by atoms with E-state index >= 15 is 0 Å². The Bertz CT molecular complexity index is 1500. The van der Waals surface area contributed by atoms with Crippen molar-refractivity contribution in [1.29, 1.82) is 0 Å². The number of amides is 1. The summed E-state index contributed by atoms with van der Waals surface area (Å²) in [7, 11) is 0. The first-order valence-corrected chi connectivity index (χ1v) is 11.3. The van der Waals surface area contributed by atoms with Gasteiger partial charge in [-0.25, -0.2) is 9.78 Å². The van der Waals surface area contributed by atoms with Crippen LogP contribution in [0.25, 0.3) is 22.3 Å². The van der Waals surface area contributed by atoms with Gasteiger partial charge in [0.15, 0.2) is 6.61 Å². The van der Waals surface area contributed by atoms with Gasteiger partial charge in [0.1, 0.15) is 11.5 Å². The molecule has 0 atom stereocenters. The predicted molar refractivity (Wildman–Crippen MR) is 137 cm³/mol. The van der Waals surface area contributed by atoms with E-state index in [0.717, 1.165) is 5.75 Å². The van der Waals surface area contributed by atoms with Crippen LogP contribution in [0.1, 0.15) is 10.4 Å². The van der Waals surface area contributed by atoms with Crippen LogP contribution in [-0.4, -0.2) is 28.5 Å². The fourth-order valence-corrected chi connectivity index (χ4v) is 3.63. The lowest BCUT2D eigenvalue weighted by Crippen LogP contribution is -2.21. The van der Waals surface area contributed by atoms with E-state index in [4.69, 9.17) is 9.47 Å². The molecule has 7 heteroatoms. The van der Waals surface area contributed by atoms with Gasteiger partial charge < -0.3 is 14.8 Å². The second-order valence-electron chi connectivity index (χ2n) is 7.85. The number of benzene rings is 3. The van der Waals surface area contributed by atoms with Gasteiger partial charge >= 0.3 is 5.97 Å². The summed E-state index contributed by atoms with van der Waals surface area (Å²) in [5, 5.41) is 3.36. The average Bonchev–Trinajstić information content (AvgIpc) is 2.93. The highest BCUT2D eigenvalue weighted by atomic mass is 16.5. The van der Waals surface area contributed by atoms with Crippen molar-refractivity contribution in [3.8, 4) is 22.9 Å². The highest BCUT2D eigenvalue weighted by molar-refractivity contribution is 6.05. The molecule has 2 heterocycles. The van der Waals surface area contributed by atoms with Gasteiger partial charge in [0.25, 0.3) is 5.91 Å². The Labute approximate surface area is 207 Å². The van der Waals surface area contributed by atoms with Gasteiger partial charge in [-0.05, 0) is 60.7 Å². The summed E-state index contributed by atoms with van der Waals surface area (Å²) in [4.78, 5) is 34.3.